The summed E-state index contributed by atoms with van der Waals surface area (Å²) >= 11 is 1.73. The van der Waals surface area contributed by atoms with Gasteiger partial charge in [-0.25, -0.2) is 4.39 Å². The van der Waals surface area contributed by atoms with Gasteiger partial charge in [-0.15, -0.1) is 11.8 Å². The zero-order chi connectivity index (χ0) is 10.6. The maximum Gasteiger partial charge on any atom is 0.123 e. The third-order valence-corrected chi connectivity index (χ3v) is 2.99. The molecule has 0 fully saturated rings. The fourth-order valence-electron chi connectivity index (χ4n) is 1.32. The molecule has 0 radical (unpaired) electrons. The van der Waals surface area contributed by atoms with Crippen LogP contribution in [0.3, 0.4) is 0 Å². The molecule has 0 saturated carbocycles. The van der Waals surface area contributed by atoms with Crippen LogP contribution in [-0.2, 0) is 0 Å². The Bertz CT molecular complexity index is 271. The Morgan fingerprint density at radius 2 is 1.86 bits per heavy atom. The number of rotatable bonds is 4. The van der Waals surface area contributed by atoms with Crippen molar-refractivity contribution in [1.29, 1.82) is 0 Å². The Kier molecular flexibility index (Phi) is 4.42. The van der Waals surface area contributed by atoms with Gasteiger partial charge in [0.2, 0.25) is 0 Å². The fourth-order valence-corrected chi connectivity index (χ4v) is 2.47. The molecule has 0 aromatic heterocycles. The molecule has 2 N–H and O–H groups in total. The van der Waals surface area contributed by atoms with E-state index in [1.807, 2.05) is 6.92 Å². The molecule has 78 valence electrons. The maximum absolute atomic E-state index is 12.6. The highest BCUT2D eigenvalue weighted by atomic mass is 32.2. The minimum absolute atomic E-state index is 0.186. The molecule has 0 spiro atoms. The third kappa shape index (κ3) is 4.11. The zero-order valence-corrected chi connectivity index (χ0v) is 9.35. The van der Waals surface area contributed by atoms with Crippen molar-refractivity contribution >= 4 is 11.8 Å². The van der Waals surface area contributed by atoms with Gasteiger partial charge in [0, 0.05) is 16.2 Å². The van der Waals surface area contributed by atoms with Crippen LogP contribution >= 0.6 is 11.8 Å². The standard InChI is InChI=1S/C11H16FNS/c1-8(13)7-9(2)14-11-5-3-10(12)4-6-11/h3-6,8-9H,7,13H2,1-2H3. The van der Waals surface area contributed by atoms with Gasteiger partial charge in [0.15, 0.2) is 0 Å². The first-order chi connectivity index (χ1) is 6.58. The van der Waals surface area contributed by atoms with Crippen molar-refractivity contribution in [3.05, 3.63) is 30.1 Å². The van der Waals surface area contributed by atoms with Crippen LogP contribution in [0.4, 0.5) is 4.39 Å². The Balaban J connectivity index is 2.47. The summed E-state index contributed by atoms with van der Waals surface area (Å²) in [6, 6.07) is 6.80. The first-order valence-corrected chi connectivity index (χ1v) is 5.63. The molecule has 2 unspecified atom stereocenters. The Morgan fingerprint density at radius 3 is 2.36 bits per heavy atom. The van der Waals surface area contributed by atoms with Gasteiger partial charge in [0.25, 0.3) is 0 Å². The SMILES string of the molecule is CC(N)CC(C)Sc1ccc(F)cc1. The molecule has 1 nitrogen and oxygen atoms in total. The van der Waals surface area contributed by atoms with E-state index in [1.165, 1.54) is 12.1 Å². The van der Waals surface area contributed by atoms with Crippen molar-refractivity contribution in [1.82, 2.24) is 0 Å². The van der Waals surface area contributed by atoms with Gasteiger partial charge in [-0.2, -0.15) is 0 Å². The molecular weight excluding hydrogens is 197 g/mol. The lowest BCUT2D eigenvalue weighted by Crippen LogP contribution is -2.19. The van der Waals surface area contributed by atoms with Gasteiger partial charge in [0.05, 0.1) is 0 Å². The summed E-state index contributed by atoms with van der Waals surface area (Å²) in [6.07, 6.45) is 0.974. The van der Waals surface area contributed by atoms with Crippen molar-refractivity contribution in [2.75, 3.05) is 0 Å². The van der Waals surface area contributed by atoms with Crippen LogP contribution in [0.1, 0.15) is 20.3 Å². The summed E-state index contributed by atoms with van der Waals surface area (Å²) in [5.41, 5.74) is 5.70. The molecule has 0 aliphatic carbocycles. The summed E-state index contributed by atoms with van der Waals surface area (Å²) < 4.78 is 12.6. The zero-order valence-electron chi connectivity index (χ0n) is 8.53. The summed E-state index contributed by atoms with van der Waals surface area (Å²) in [6.45, 7) is 4.14. The number of halogens is 1. The molecule has 0 bridgehead atoms. The molecule has 2 atom stereocenters. The number of hydrogen-bond donors (Lipinski definition) is 1. The van der Waals surface area contributed by atoms with Crippen molar-refractivity contribution in [3.63, 3.8) is 0 Å². The number of benzene rings is 1. The van der Waals surface area contributed by atoms with Crippen molar-refractivity contribution in [3.8, 4) is 0 Å². The lowest BCUT2D eigenvalue weighted by atomic mass is 10.2. The van der Waals surface area contributed by atoms with E-state index < -0.39 is 0 Å². The Labute approximate surface area is 88.9 Å². The predicted molar refractivity (Wildman–Crippen MR) is 60.0 cm³/mol. The largest absolute Gasteiger partial charge is 0.328 e. The van der Waals surface area contributed by atoms with Crippen LogP contribution in [-0.4, -0.2) is 11.3 Å². The second-order valence-electron chi connectivity index (χ2n) is 3.60. The van der Waals surface area contributed by atoms with Gasteiger partial charge in [-0.3, -0.25) is 0 Å². The topological polar surface area (TPSA) is 26.0 Å². The average molecular weight is 213 g/mol. The first-order valence-electron chi connectivity index (χ1n) is 4.75. The predicted octanol–water partition coefficient (Wildman–Crippen LogP) is 3.04. The van der Waals surface area contributed by atoms with Crippen LogP contribution in [0.25, 0.3) is 0 Å². The second kappa shape index (κ2) is 5.37. The number of nitrogens with two attached hydrogens (primary N) is 1. The summed E-state index contributed by atoms with van der Waals surface area (Å²) in [7, 11) is 0. The van der Waals surface area contributed by atoms with E-state index in [-0.39, 0.29) is 11.9 Å². The average Bonchev–Trinajstić information content (AvgIpc) is 2.07. The number of thioether (sulfide) groups is 1. The molecule has 1 aromatic carbocycles. The quantitative estimate of drug-likeness (QED) is 0.778. The van der Waals surface area contributed by atoms with Gasteiger partial charge in [0.1, 0.15) is 5.82 Å². The molecule has 14 heavy (non-hydrogen) atoms. The smallest absolute Gasteiger partial charge is 0.123 e. The molecule has 0 aliphatic heterocycles. The van der Waals surface area contributed by atoms with E-state index in [4.69, 9.17) is 5.73 Å². The third-order valence-electron chi connectivity index (χ3n) is 1.85. The minimum atomic E-state index is -0.186. The van der Waals surface area contributed by atoms with E-state index >= 15 is 0 Å². The molecule has 1 aromatic rings. The van der Waals surface area contributed by atoms with Crippen LogP contribution in [0.5, 0.6) is 0 Å². The van der Waals surface area contributed by atoms with Crippen LogP contribution < -0.4 is 5.73 Å². The van der Waals surface area contributed by atoms with Gasteiger partial charge < -0.3 is 5.73 Å². The minimum Gasteiger partial charge on any atom is -0.328 e. The highest BCUT2D eigenvalue weighted by Crippen LogP contribution is 2.25. The molecule has 1 rings (SSSR count). The molecule has 0 amide bonds. The number of hydrogen-bond acceptors (Lipinski definition) is 2. The van der Waals surface area contributed by atoms with Gasteiger partial charge in [-0.1, -0.05) is 6.92 Å². The van der Waals surface area contributed by atoms with Crippen LogP contribution in [0.2, 0.25) is 0 Å². The highest BCUT2D eigenvalue weighted by Gasteiger charge is 2.06. The van der Waals surface area contributed by atoms with E-state index in [9.17, 15) is 4.39 Å². The van der Waals surface area contributed by atoms with Crippen LogP contribution in [0.15, 0.2) is 29.2 Å². The van der Waals surface area contributed by atoms with Crippen LogP contribution in [0, 0.1) is 5.82 Å². The molecular formula is C11H16FNS. The maximum atomic E-state index is 12.6. The molecule has 0 saturated heterocycles. The molecule has 0 heterocycles. The first kappa shape index (κ1) is 11.5. The second-order valence-corrected chi connectivity index (χ2v) is 5.11. The molecule has 0 aliphatic rings. The Morgan fingerprint density at radius 1 is 1.29 bits per heavy atom. The van der Waals surface area contributed by atoms with Gasteiger partial charge in [-0.05, 0) is 37.6 Å². The van der Waals surface area contributed by atoms with E-state index in [0.29, 0.717) is 5.25 Å². The lowest BCUT2D eigenvalue weighted by Gasteiger charge is -2.13. The van der Waals surface area contributed by atoms with E-state index in [0.717, 1.165) is 11.3 Å². The van der Waals surface area contributed by atoms with Gasteiger partial charge >= 0.3 is 0 Å². The molecule has 3 heteroatoms. The Hall–Kier alpha value is -0.540. The summed E-state index contributed by atoms with van der Waals surface area (Å²) in [5.74, 6) is -0.186. The van der Waals surface area contributed by atoms with E-state index in [2.05, 4.69) is 6.92 Å². The lowest BCUT2D eigenvalue weighted by molar-refractivity contribution is 0.626. The fraction of sp³-hybridized carbons (Fsp3) is 0.455. The van der Waals surface area contributed by atoms with Crippen molar-refractivity contribution < 1.29 is 4.39 Å². The van der Waals surface area contributed by atoms with Crippen molar-refractivity contribution in [2.24, 2.45) is 5.73 Å². The van der Waals surface area contributed by atoms with E-state index in [1.54, 1.807) is 23.9 Å². The monoisotopic (exact) mass is 213 g/mol. The summed E-state index contributed by atoms with van der Waals surface area (Å²) in [5, 5.41) is 0.473. The summed E-state index contributed by atoms with van der Waals surface area (Å²) in [4.78, 5) is 1.10. The van der Waals surface area contributed by atoms with Crippen molar-refractivity contribution in [2.45, 2.75) is 36.5 Å². The normalized spacial score (nSPS) is 15.1. The highest BCUT2D eigenvalue weighted by molar-refractivity contribution is 7.99.